The highest BCUT2D eigenvalue weighted by molar-refractivity contribution is 5.67. The van der Waals surface area contributed by atoms with Crippen molar-refractivity contribution in [2.24, 2.45) is 0 Å². The molecule has 0 heterocycles. The number of nitrogens with zero attached hydrogens (tertiary/aromatic N) is 1. The van der Waals surface area contributed by atoms with E-state index in [-0.39, 0.29) is 11.2 Å². The summed E-state index contributed by atoms with van der Waals surface area (Å²) in [5.41, 5.74) is 0. The average molecular weight is 320 g/mol. The van der Waals surface area contributed by atoms with Crippen molar-refractivity contribution in [1.82, 2.24) is 0 Å². The van der Waals surface area contributed by atoms with E-state index in [1.807, 2.05) is 0 Å². The van der Waals surface area contributed by atoms with Crippen LogP contribution in [-0.4, -0.2) is 41.7 Å². The van der Waals surface area contributed by atoms with E-state index in [4.69, 9.17) is 5.11 Å². The number of unbranched alkanes of at least 4 members (excludes halogenated alkanes) is 9. The zero-order valence-electron chi connectivity index (χ0n) is 15.1. The summed E-state index contributed by atoms with van der Waals surface area (Å²) >= 11 is 0. The summed E-state index contributed by atoms with van der Waals surface area (Å²) < 4.78 is 0.742. The molecule has 0 bridgehead atoms. The van der Waals surface area contributed by atoms with Crippen molar-refractivity contribution in [2.75, 3.05) is 26.2 Å². The average Bonchev–Trinajstić information content (AvgIpc) is 2.47. The molecule has 0 aliphatic heterocycles. The number of carbonyl (C=O) groups is 1. The van der Waals surface area contributed by atoms with Crippen LogP contribution in [0.3, 0.4) is 0 Å². The molecule has 0 amide bonds. The number of aliphatic carboxylic acids is 1. The summed E-state index contributed by atoms with van der Waals surface area (Å²) in [5, 5.41) is 9.06. The first-order chi connectivity index (χ1) is 10.1. The molecule has 0 rings (SSSR count). The molecule has 0 atom stereocenters. The van der Waals surface area contributed by atoms with E-state index >= 15 is 0 Å². The molecule has 22 heavy (non-hydrogen) atoms. The van der Waals surface area contributed by atoms with Gasteiger partial charge in [0.15, 0.2) is 6.54 Å². The van der Waals surface area contributed by atoms with Gasteiger partial charge in [-0.15, -0.1) is 0 Å². The van der Waals surface area contributed by atoms with E-state index in [0.717, 1.165) is 24.1 Å². The van der Waals surface area contributed by atoms with Crippen LogP contribution < -0.4 is 4.70 Å². The monoisotopic (exact) mass is 319 g/mol. The molecule has 0 aromatic rings. The Morgan fingerprint density at radius 1 is 0.773 bits per heavy atom. The minimum atomic E-state index is -0.661. The summed E-state index contributed by atoms with van der Waals surface area (Å²) in [6.07, 6.45) is 13.4. The maximum absolute atomic E-state index is 11.0. The number of hydrogen-bond acceptors (Lipinski definition) is 1. The van der Waals surface area contributed by atoms with Crippen molar-refractivity contribution < 1.29 is 19.1 Å². The lowest BCUT2D eigenvalue weighted by molar-refractivity contribution is -0.918. The van der Waals surface area contributed by atoms with Gasteiger partial charge in [0, 0.05) is 0 Å². The fourth-order valence-corrected chi connectivity index (χ4v) is 3.06. The van der Waals surface area contributed by atoms with Gasteiger partial charge in [-0.3, -0.25) is 0 Å². The molecule has 0 saturated carbocycles. The van der Waals surface area contributed by atoms with Crippen LogP contribution >= 0.6 is 0 Å². The van der Waals surface area contributed by atoms with Crippen LogP contribution in [0.15, 0.2) is 0 Å². The Morgan fingerprint density at radius 2 is 1.18 bits per heavy atom. The Balaban J connectivity index is 0. The third-order valence-corrected chi connectivity index (χ3v) is 4.80. The highest BCUT2D eigenvalue weighted by Crippen LogP contribution is 2.13. The number of likely N-dealkylation sites (N-methyl/N-ethyl adjacent to an activating group) is 1. The number of hydrogen-bond donors (Lipinski definition) is 1. The molecule has 0 aliphatic carbocycles. The number of carboxylic acids is 1. The van der Waals surface area contributed by atoms with Crippen molar-refractivity contribution in [3.05, 3.63) is 0 Å². The van der Waals surface area contributed by atoms with Crippen LogP contribution in [0.25, 0.3) is 0 Å². The van der Waals surface area contributed by atoms with Crippen molar-refractivity contribution in [3.8, 4) is 0 Å². The smallest absolute Gasteiger partial charge is 0.359 e. The molecule has 0 aliphatic rings. The fourth-order valence-electron chi connectivity index (χ4n) is 3.06. The van der Waals surface area contributed by atoms with Crippen LogP contribution in [0, 0.1) is 0 Å². The molecule has 0 radical (unpaired) electrons. The lowest BCUT2D eigenvalue weighted by Crippen LogP contribution is -3.00. The molecular formula is C18H38FNO2. The summed E-state index contributed by atoms with van der Waals surface area (Å²) in [7, 11) is 0. The number of carboxylic acid groups (broad SMARTS) is 1. The number of quaternary nitrogens is 1. The quantitative estimate of drug-likeness (QED) is 0.369. The number of halogens is 1. The van der Waals surface area contributed by atoms with Gasteiger partial charge in [0.2, 0.25) is 0 Å². The molecule has 0 fully saturated rings. The molecule has 1 N–H and O–H groups in total. The van der Waals surface area contributed by atoms with Gasteiger partial charge in [0.1, 0.15) is 0 Å². The van der Waals surface area contributed by atoms with E-state index in [0.29, 0.717) is 0 Å². The predicted octanol–water partition coefficient (Wildman–Crippen LogP) is 1.85. The molecule has 4 heteroatoms. The standard InChI is InChI=1S/C18H37NO2.FH/c1-4-7-8-9-10-11-12-13-14-15-16-19(5-2,6-3)17-18(20)21;/h4-17H2,1-3H3;1H. The van der Waals surface area contributed by atoms with E-state index in [9.17, 15) is 4.79 Å². The number of rotatable bonds is 15. The first-order valence-corrected chi connectivity index (χ1v) is 9.17. The first kappa shape index (κ1) is 23.6. The maximum atomic E-state index is 11.0. The minimum Gasteiger partial charge on any atom is -1.00 e. The van der Waals surface area contributed by atoms with Gasteiger partial charge >= 0.3 is 5.97 Å². The second kappa shape index (κ2) is 15.3. The highest BCUT2D eigenvalue weighted by Gasteiger charge is 2.25. The van der Waals surface area contributed by atoms with Crippen LogP contribution in [0.4, 0.5) is 0 Å². The zero-order chi connectivity index (χ0) is 16.0. The zero-order valence-corrected chi connectivity index (χ0v) is 15.1. The molecule has 134 valence electrons. The Kier molecular flexibility index (Phi) is 16.4. The largest absolute Gasteiger partial charge is 1.00 e. The second-order valence-corrected chi connectivity index (χ2v) is 6.43. The highest BCUT2D eigenvalue weighted by atomic mass is 19.0. The van der Waals surface area contributed by atoms with Gasteiger partial charge < -0.3 is 14.3 Å². The SMILES string of the molecule is CCCCCCCCCCCC[N+](CC)(CC)CC(=O)O.[F-]. The lowest BCUT2D eigenvalue weighted by Gasteiger charge is -2.35. The molecular weight excluding hydrogens is 281 g/mol. The molecule has 0 unspecified atom stereocenters. The Morgan fingerprint density at radius 3 is 1.55 bits per heavy atom. The van der Waals surface area contributed by atoms with Gasteiger partial charge in [-0.05, 0) is 26.7 Å². The lowest BCUT2D eigenvalue weighted by atomic mass is 10.1. The summed E-state index contributed by atoms with van der Waals surface area (Å²) in [4.78, 5) is 11.0. The van der Waals surface area contributed by atoms with Crippen LogP contribution in [-0.2, 0) is 4.79 Å². The maximum Gasteiger partial charge on any atom is 0.359 e. The molecule has 3 nitrogen and oxygen atoms in total. The van der Waals surface area contributed by atoms with E-state index in [2.05, 4.69) is 20.8 Å². The van der Waals surface area contributed by atoms with Crippen LogP contribution in [0.5, 0.6) is 0 Å². The summed E-state index contributed by atoms with van der Waals surface area (Å²) in [6, 6.07) is 0. The minimum absolute atomic E-state index is 0. The summed E-state index contributed by atoms with van der Waals surface area (Å²) in [5.74, 6) is -0.661. The van der Waals surface area contributed by atoms with Gasteiger partial charge in [0.05, 0.1) is 19.6 Å². The van der Waals surface area contributed by atoms with Gasteiger partial charge in [-0.1, -0.05) is 58.3 Å². The van der Waals surface area contributed by atoms with Crippen LogP contribution in [0.1, 0.15) is 85.0 Å². The van der Waals surface area contributed by atoms with Crippen LogP contribution in [0.2, 0.25) is 0 Å². The molecule has 0 aromatic carbocycles. The van der Waals surface area contributed by atoms with Crippen molar-refractivity contribution in [1.29, 1.82) is 0 Å². The third-order valence-electron chi connectivity index (χ3n) is 4.80. The Bertz CT molecular complexity index is 255. The second-order valence-electron chi connectivity index (χ2n) is 6.43. The Labute approximate surface area is 137 Å². The van der Waals surface area contributed by atoms with Crippen molar-refractivity contribution in [3.63, 3.8) is 0 Å². The normalized spacial score (nSPS) is 11.2. The Hall–Kier alpha value is -0.640. The van der Waals surface area contributed by atoms with Gasteiger partial charge in [-0.2, -0.15) is 0 Å². The molecule has 0 aromatic heterocycles. The fraction of sp³-hybridized carbons (Fsp3) is 0.944. The van der Waals surface area contributed by atoms with E-state index in [1.54, 1.807) is 0 Å². The topological polar surface area (TPSA) is 37.3 Å². The van der Waals surface area contributed by atoms with E-state index in [1.165, 1.54) is 64.2 Å². The first-order valence-electron chi connectivity index (χ1n) is 9.17. The predicted molar refractivity (Wildman–Crippen MR) is 90.6 cm³/mol. The summed E-state index contributed by atoms with van der Waals surface area (Å²) in [6.45, 7) is 9.65. The molecule has 0 saturated heterocycles. The van der Waals surface area contributed by atoms with Crippen molar-refractivity contribution >= 4 is 5.97 Å². The molecule has 0 spiro atoms. The van der Waals surface area contributed by atoms with Crippen molar-refractivity contribution in [2.45, 2.75) is 85.0 Å². The van der Waals surface area contributed by atoms with Gasteiger partial charge in [0.25, 0.3) is 0 Å². The third kappa shape index (κ3) is 12.0. The van der Waals surface area contributed by atoms with E-state index < -0.39 is 5.97 Å². The van der Waals surface area contributed by atoms with Gasteiger partial charge in [-0.25, -0.2) is 4.79 Å².